The Hall–Kier alpha value is -3.74. The molecule has 5 aromatic rings. The third-order valence-corrected chi connectivity index (χ3v) is 7.95. The smallest absolute Gasteiger partial charge is 0.369 e. The second kappa shape index (κ2) is 10.7. The molecule has 204 valence electrons. The van der Waals surface area contributed by atoms with Gasteiger partial charge in [0.05, 0.1) is 16.9 Å². The summed E-state index contributed by atoms with van der Waals surface area (Å²) >= 11 is 6.25. The predicted molar refractivity (Wildman–Crippen MR) is 157 cm³/mol. The van der Waals surface area contributed by atoms with Gasteiger partial charge in [0.1, 0.15) is 0 Å². The predicted octanol–water partition coefficient (Wildman–Crippen LogP) is 8.60. The van der Waals surface area contributed by atoms with Crippen LogP contribution in [0, 0.1) is 6.92 Å². The molecule has 7 heteroatoms. The molecule has 2 heterocycles. The standard InChI is InChI=1S/C33H29ClF3N3/c1-23-20-26(22-38-16-18-39(19-17-38)29-9-5-8-27(21-29)33(35,36)37)32(25-12-14-28(34)15-13-25)40(23)31-11-4-7-24-6-2-3-10-30(24)31/h2-15,20-21H,16-19,22H2,1H3. The third kappa shape index (κ3) is 5.21. The molecule has 1 aromatic heterocycles. The number of nitrogens with zero attached hydrogens (tertiary/aromatic N) is 3. The first-order valence-electron chi connectivity index (χ1n) is 13.4. The van der Waals surface area contributed by atoms with E-state index in [0.29, 0.717) is 23.8 Å². The van der Waals surface area contributed by atoms with Crippen molar-refractivity contribution in [2.45, 2.75) is 19.6 Å². The highest BCUT2D eigenvalue weighted by Crippen LogP contribution is 2.36. The van der Waals surface area contributed by atoms with Crippen LogP contribution in [0.15, 0.2) is 97.1 Å². The third-order valence-electron chi connectivity index (χ3n) is 7.69. The number of fused-ring (bicyclic) bond motifs is 1. The van der Waals surface area contributed by atoms with Crippen LogP contribution < -0.4 is 4.90 Å². The quantitative estimate of drug-likeness (QED) is 0.214. The van der Waals surface area contributed by atoms with E-state index in [0.717, 1.165) is 48.3 Å². The van der Waals surface area contributed by atoms with Crippen molar-refractivity contribution in [2.24, 2.45) is 0 Å². The second-order valence-corrected chi connectivity index (χ2v) is 10.7. The van der Waals surface area contributed by atoms with Gasteiger partial charge in [0.2, 0.25) is 0 Å². The van der Waals surface area contributed by atoms with Crippen LogP contribution in [0.5, 0.6) is 0 Å². The molecule has 40 heavy (non-hydrogen) atoms. The number of anilines is 1. The Kier molecular flexibility index (Phi) is 7.07. The number of benzene rings is 4. The highest BCUT2D eigenvalue weighted by atomic mass is 35.5. The summed E-state index contributed by atoms with van der Waals surface area (Å²) in [7, 11) is 0. The molecule has 0 unspecified atom stereocenters. The van der Waals surface area contributed by atoms with Gasteiger partial charge in [-0.3, -0.25) is 4.90 Å². The van der Waals surface area contributed by atoms with Crippen molar-refractivity contribution in [2.75, 3.05) is 31.1 Å². The van der Waals surface area contributed by atoms with Gasteiger partial charge in [0.25, 0.3) is 0 Å². The maximum Gasteiger partial charge on any atom is 0.416 e. The molecule has 6 rings (SSSR count). The molecular weight excluding hydrogens is 531 g/mol. The second-order valence-electron chi connectivity index (χ2n) is 10.3. The molecule has 1 aliphatic rings. The van der Waals surface area contributed by atoms with Crippen molar-refractivity contribution in [1.82, 2.24) is 9.47 Å². The molecule has 1 aliphatic heterocycles. The number of piperazine rings is 1. The number of hydrogen-bond acceptors (Lipinski definition) is 2. The first-order chi connectivity index (χ1) is 19.3. The lowest BCUT2D eigenvalue weighted by Crippen LogP contribution is -2.46. The fourth-order valence-corrected chi connectivity index (χ4v) is 5.87. The number of rotatable bonds is 5. The molecule has 0 spiro atoms. The topological polar surface area (TPSA) is 11.4 Å². The minimum atomic E-state index is -4.34. The number of halogens is 4. The van der Waals surface area contributed by atoms with Gasteiger partial charge in [0, 0.05) is 54.5 Å². The number of aromatic nitrogens is 1. The van der Waals surface area contributed by atoms with Crippen molar-refractivity contribution in [3.8, 4) is 16.9 Å². The van der Waals surface area contributed by atoms with Crippen LogP contribution in [-0.2, 0) is 12.7 Å². The Morgan fingerprint density at radius 2 is 1.48 bits per heavy atom. The summed E-state index contributed by atoms with van der Waals surface area (Å²) in [5.41, 5.74) is 5.70. The number of hydrogen-bond donors (Lipinski definition) is 0. The van der Waals surface area contributed by atoms with Crippen LogP contribution in [0.3, 0.4) is 0 Å². The van der Waals surface area contributed by atoms with Crippen molar-refractivity contribution in [3.63, 3.8) is 0 Å². The molecule has 0 bridgehead atoms. The fraction of sp³-hybridized carbons (Fsp3) is 0.212. The Labute approximate surface area is 237 Å². The summed E-state index contributed by atoms with van der Waals surface area (Å²) in [5, 5.41) is 3.05. The molecule has 1 saturated heterocycles. The van der Waals surface area contributed by atoms with Gasteiger partial charge in [-0.25, -0.2) is 0 Å². The monoisotopic (exact) mass is 559 g/mol. The van der Waals surface area contributed by atoms with E-state index < -0.39 is 11.7 Å². The lowest BCUT2D eigenvalue weighted by Gasteiger charge is -2.36. The zero-order valence-electron chi connectivity index (χ0n) is 22.1. The number of alkyl halides is 3. The van der Waals surface area contributed by atoms with Gasteiger partial charge >= 0.3 is 6.18 Å². The van der Waals surface area contributed by atoms with Crippen LogP contribution in [0.4, 0.5) is 18.9 Å². The number of aryl methyl sites for hydroxylation is 1. The first kappa shape index (κ1) is 26.5. The van der Waals surface area contributed by atoms with Crippen LogP contribution in [0.1, 0.15) is 16.8 Å². The van der Waals surface area contributed by atoms with E-state index in [9.17, 15) is 13.2 Å². The maximum atomic E-state index is 13.2. The highest BCUT2D eigenvalue weighted by molar-refractivity contribution is 6.30. The van der Waals surface area contributed by atoms with E-state index in [1.165, 1.54) is 28.5 Å². The zero-order valence-corrected chi connectivity index (χ0v) is 22.9. The molecule has 3 nitrogen and oxygen atoms in total. The van der Waals surface area contributed by atoms with Crippen LogP contribution in [0.25, 0.3) is 27.7 Å². The first-order valence-corrected chi connectivity index (χ1v) is 13.8. The summed E-state index contributed by atoms with van der Waals surface area (Å²) in [6.45, 7) is 5.73. The Morgan fingerprint density at radius 3 is 2.23 bits per heavy atom. The minimum absolute atomic E-state index is 0.606. The molecular formula is C33H29ClF3N3. The fourth-order valence-electron chi connectivity index (χ4n) is 5.75. The zero-order chi connectivity index (χ0) is 27.9. The van der Waals surface area contributed by atoms with Gasteiger partial charge in [-0.2, -0.15) is 13.2 Å². The Balaban J connectivity index is 1.31. The van der Waals surface area contributed by atoms with E-state index >= 15 is 0 Å². The lowest BCUT2D eigenvalue weighted by molar-refractivity contribution is -0.137. The van der Waals surface area contributed by atoms with E-state index in [1.54, 1.807) is 6.07 Å². The van der Waals surface area contributed by atoms with E-state index in [2.05, 4.69) is 77.1 Å². The molecule has 1 fully saturated rings. The molecule has 0 amide bonds. The lowest BCUT2D eigenvalue weighted by atomic mass is 10.1. The van der Waals surface area contributed by atoms with Crippen molar-refractivity contribution in [1.29, 1.82) is 0 Å². The van der Waals surface area contributed by atoms with Crippen LogP contribution >= 0.6 is 11.6 Å². The summed E-state index contributed by atoms with van der Waals surface area (Å²) in [4.78, 5) is 4.42. The van der Waals surface area contributed by atoms with E-state index in [-0.39, 0.29) is 0 Å². The molecule has 0 N–H and O–H groups in total. The highest BCUT2D eigenvalue weighted by Gasteiger charge is 2.31. The Morgan fingerprint density at radius 1 is 0.775 bits per heavy atom. The van der Waals surface area contributed by atoms with Gasteiger partial charge in [-0.15, -0.1) is 0 Å². The summed E-state index contributed by atoms with van der Waals surface area (Å²) in [5.74, 6) is 0. The van der Waals surface area contributed by atoms with E-state index in [1.807, 2.05) is 17.0 Å². The molecule has 0 radical (unpaired) electrons. The molecule has 0 atom stereocenters. The van der Waals surface area contributed by atoms with Crippen LogP contribution in [0.2, 0.25) is 5.02 Å². The van der Waals surface area contributed by atoms with E-state index in [4.69, 9.17) is 11.6 Å². The van der Waals surface area contributed by atoms with Gasteiger partial charge in [0.15, 0.2) is 0 Å². The normalized spacial score (nSPS) is 14.7. The summed E-state index contributed by atoms with van der Waals surface area (Å²) in [6, 6.07) is 30.6. The Bertz CT molecular complexity index is 1640. The van der Waals surface area contributed by atoms with Gasteiger partial charge in [-0.1, -0.05) is 66.2 Å². The molecule has 0 saturated carbocycles. The van der Waals surface area contributed by atoms with Crippen LogP contribution in [-0.4, -0.2) is 35.6 Å². The summed E-state index contributed by atoms with van der Waals surface area (Å²) in [6.07, 6.45) is -4.34. The average molecular weight is 560 g/mol. The molecule has 0 aliphatic carbocycles. The van der Waals surface area contributed by atoms with Gasteiger partial charge < -0.3 is 9.47 Å². The van der Waals surface area contributed by atoms with Crippen molar-refractivity contribution < 1.29 is 13.2 Å². The van der Waals surface area contributed by atoms with Gasteiger partial charge in [-0.05, 0) is 65.9 Å². The largest absolute Gasteiger partial charge is 0.416 e. The van der Waals surface area contributed by atoms with Crippen molar-refractivity contribution >= 4 is 28.1 Å². The minimum Gasteiger partial charge on any atom is -0.369 e. The van der Waals surface area contributed by atoms with Crippen molar-refractivity contribution in [3.05, 3.63) is 119 Å². The molecule has 4 aromatic carbocycles. The average Bonchev–Trinajstić information content (AvgIpc) is 3.28. The SMILES string of the molecule is Cc1cc(CN2CCN(c3cccc(C(F)(F)F)c3)CC2)c(-c2ccc(Cl)cc2)n1-c1cccc2ccccc12. The maximum absolute atomic E-state index is 13.2. The summed E-state index contributed by atoms with van der Waals surface area (Å²) < 4.78 is 42.1.